The smallest absolute Gasteiger partial charge is 0.380 e. The molecule has 19 heavy (non-hydrogen) atoms. The Morgan fingerprint density at radius 2 is 1.89 bits per heavy atom. The summed E-state index contributed by atoms with van der Waals surface area (Å²) in [7, 11) is -5.81. The summed E-state index contributed by atoms with van der Waals surface area (Å²) in [4.78, 5) is 22.5. The maximum atomic E-state index is 12.2. The maximum absolute atomic E-state index is 12.2. The Labute approximate surface area is 107 Å². The standard InChI is InChI=1S/C10H11F3O5S/c1-6(14)5-7-8(15)3-2-4-9(7)18-19(16,17)10(11,12)13/h2-5H2,1H3. The molecule has 1 aliphatic rings. The molecule has 0 aromatic carbocycles. The second-order valence-electron chi connectivity index (χ2n) is 4.04. The zero-order chi connectivity index (χ0) is 14.8. The Balaban J connectivity index is 3.13. The fourth-order valence-electron chi connectivity index (χ4n) is 1.58. The van der Waals surface area contributed by atoms with E-state index >= 15 is 0 Å². The molecule has 1 aliphatic carbocycles. The van der Waals surface area contributed by atoms with Crippen molar-refractivity contribution in [1.29, 1.82) is 0 Å². The lowest BCUT2D eigenvalue weighted by Gasteiger charge is -2.19. The third-order valence-electron chi connectivity index (χ3n) is 2.40. The van der Waals surface area contributed by atoms with Gasteiger partial charge in [0.1, 0.15) is 11.5 Å². The van der Waals surface area contributed by atoms with Gasteiger partial charge in [0.15, 0.2) is 5.78 Å². The van der Waals surface area contributed by atoms with Crippen LogP contribution in [0.4, 0.5) is 13.2 Å². The number of ketones is 2. The minimum Gasteiger partial charge on any atom is -0.380 e. The lowest BCUT2D eigenvalue weighted by atomic mass is 9.93. The van der Waals surface area contributed by atoms with Gasteiger partial charge in [-0.1, -0.05) is 0 Å². The summed E-state index contributed by atoms with van der Waals surface area (Å²) in [5.74, 6) is -1.60. The van der Waals surface area contributed by atoms with Crippen LogP contribution in [0.1, 0.15) is 32.6 Å². The third-order valence-corrected chi connectivity index (χ3v) is 3.39. The molecule has 0 bridgehead atoms. The highest BCUT2D eigenvalue weighted by atomic mass is 32.2. The van der Waals surface area contributed by atoms with Crippen LogP contribution in [0.5, 0.6) is 0 Å². The molecule has 9 heteroatoms. The normalized spacial score (nSPS) is 17.6. The lowest BCUT2D eigenvalue weighted by Crippen LogP contribution is -2.27. The van der Waals surface area contributed by atoms with Crippen LogP contribution in [0.25, 0.3) is 0 Å². The highest BCUT2D eigenvalue weighted by molar-refractivity contribution is 7.87. The highest BCUT2D eigenvalue weighted by Gasteiger charge is 2.49. The molecule has 0 spiro atoms. The van der Waals surface area contributed by atoms with E-state index in [0.29, 0.717) is 0 Å². The minimum atomic E-state index is -5.81. The van der Waals surface area contributed by atoms with Gasteiger partial charge >= 0.3 is 15.6 Å². The molecule has 0 radical (unpaired) electrons. The number of Topliss-reactive ketones (excluding diaryl/α,β-unsaturated/α-hetero) is 2. The summed E-state index contributed by atoms with van der Waals surface area (Å²) in [6, 6.07) is 0. The van der Waals surface area contributed by atoms with Gasteiger partial charge in [0.2, 0.25) is 0 Å². The Bertz CT molecular complexity index is 530. The van der Waals surface area contributed by atoms with E-state index in [1.807, 2.05) is 0 Å². The van der Waals surface area contributed by atoms with Crippen molar-refractivity contribution in [3.63, 3.8) is 0 Å². The van der Waals surface area contributed by atoms with Crippen LogP contribution in [0.15, 0.2) is 11.3 Å². The van der Waals surface area contributed by atoms with Crippen LogP contribution < -0.4 is 0 Å². The van der Waals surface area contributed by atoms with E-state index in [-0.39, 0.29) is 24.8 Å². The molecule has 0 saturated carbocycles. The summed E-state index contributed by atoms with van der Waals surface area (Å²) in [6.45, 7) is 1.14. The molecule has 0 unspecified atom stereocenters. The van der Waals surface area contributed by atoms with Crippen LogP contribution >= 0.6 is 0 Å². The molecular weight excluding hydrogens is 289 g/mol. The second-order valence-corrected chi connectivity index (χ2v) is 5.58. The van der Waals surface area contributed by atoms with Gasteiger partial charge < -0.3 is 4.18 Å². The van der Waals surface area contributed by atoms with Crippen LogP contribution in [0, 0.1) is 0 Å². The van der Waals surface area contributed by atoms with Crippen LogP contribution in [0.2, 0.25) is 0 Å². The molecule has 0 amide bonds. The molecule has 0 saturated heterocycles. The number of rotatable bonds is 4. The number of alkyl halides is 3. The first-order valence-electron chi connectivity index (χ1n) is 5.30. The van der Waals surface area contributed by atoms with Gasteiger partial charge in [0.25, 0.3) is 0 Å². The Hall–Kier alpha value is -1.38. The average molecular weight is 300 g/mol. The quantitative estimate of drug-likeness (QED) is 0.585. The minimum absolute atomic E-state index is 0.0571. The van der Waals surface area contributed by atoms with Crippen molar-refractivity contribution in [2.75, 3.05) is 0 Å². The number of hydrogen-bond acceptors (Lipinski definition) is 5. The topological polar surface area (TPSA) is 77.5 Å². The third kappa shape index (κ3) is 3.79. The van der Waals surface area contributed by atoms with Crippen molar-refractivity contribution in [3.8, 4) is 0 Å². The molecular formula is C10H11F3O5S. The molecule has 0 aromatic rings. The van der Waals surface area contributed by atoms with E-state index in [4.69, 9.17) is 0 Å². The van der Waals surface area contributed by atoms with Gasteiger partial charge in [-0.15, -0.1) is 0 Å². The van der Waals surface area contributed by atoms with Gasteiger partial charge in [-0.2, -0.15) is 21.6 Å². The van der Waals surface area contributed by atoms with Gasteiger partial charge in [-0.05, 0) is 13.3 Å². The monoisotopic (exact) mass is 300 g/mol. The molecule has 0 aliphatic heterocycles. The van der Waals surface area contributed by atoms with Crippen molar-refractivity contribution in [2.45, 2.75) is 38.1 Å². The fraction of sp³-hybridized carbons (Fsp3) is 0.600. The van der Waals surface area contributed by atoms with E-state index in [9.17, 15) is 31.2 Å². The zero-order valence-electron chi connectivity index (χ0n) is 9.91. The van der Waals surface area contributed by atoms with Gasteiger partial charge in [0, 0.05) is 24.8 Å². The van der Waals surface area contributed by atoms with Crippen molar-refractivity contribution in [2.24, 2.45) is 0 Å². The zero-order valence-corrected chi connectivity index (χ0v) is 10.7. The van der Waals surface area contributed by atoms with Crippen molar-refractivity contribution in [1.82, 2.24) is 0 Å². The number of carbonyl (C=O) groups is 2. The van der Waals surface area contributed by atoms with Crippen molar-refractivity contribution >= 4 is 21.7 Å². The number of carbonyl (C=O) groups excluding carboxylic acids is 2. The molecule has 1 rings (SSSR count). The first-order chi connectivity index (χ1) is 8.54. The van der Waals surface area contributed by atoms with Crippen LogP contribution in [0.3, 0.4) is 0 Å². The maximum Gasteiger partial charge on any atom is 0.534 e. The lowest BCUT2D eigenvalue weighted by molar-refractivity contribution is -0.120. The van der Waals surface area contributed by atoms with Gasteiger partial charge in [0.05, 0.1) is 0 Å². The average Bonchev–Trinajstić information content (AvgIpc) is 2.20. The Morgan fingerprint density at radius 1 is 1.32 bits per heavy atom. The van der Waals surface area contributed by atoms with E-state index in [2.05, 4.69) is 4.18 Å². The van der Waals surface area contributed by atoms with E-state index < -0.39 is 39.4 Å². The number of hydrogen-bond donors (Lipinski definition) is 0. The first-order valence-corrected chi connectivity index (χ1v) is 6.71. The van der Waals surface area contributed by atoms with Crippen molar-refractivity contribution in [3.05, 3.63) is 11.3 Å². The van der Waals surface area contributed by atoms with Gasteiger partial charge in [-0.25, -0.2) is 0 Å². The summed E-state index contributed by atoms with van der Waals surface area (Å²) in [6.07, 6.45) is -0.310. The van der Waals surface area contributed by atoms with Crippen LogP contribution in [-0.4, -0.2) is 25.5 Å². The predicted octanol–water partition coefficient (Wildman–Crippen LogP) is 1.84. The van der Waals surface area contributed by atoms with E-state index in [0.717, 1.165) is 6.92 Å². The first kappa shape index (κ1) is 15.7. The summed E-state index contributed by atoms with van der Waals surface area (Å²) >= 11 is 0. The molecule has 0 atom stereocenters. The largest absolute Gasteiger partial charge is 0.534 e. The number of halogens is 3. The second kappa shape index (κ2) is 5.32. The summed E-state index contributed by atoms with van der Waals surface area (Å²) in [5.41, 5.74) is -5.85. The molecule has 108 valence electrons. The Kier molecular flexibility index (Phi) is 4.39. The highest BCUT2D eigenvalue weighted by Crippen LogP contribution is 2.32. The molecule has 5 nitrogen and oxygen atoms in total. The molecule has 0 fully saturated rings. The fourth-order valence-corrected chi connectivity index (χ4v) is 2.13. The van der Waals surface area contributed by atoms with E-state index in [1.54, 1.807) is 0 Å². The van der Waals surface area contributed by atoms with Gasteiger partial charge in [-0.3, -0.25) is 9.59 Å². The molecule has 0 aromatic heterocycles. The van der Waals surface area contributed by atoms with Crippen LogP contribution in [-0.2, 0) is 23.9 Å². The Morgan fingerprint density at radius 3 is 2.37 bits per heavy atom. The summed E-state index contributed by atoms with van der Waals surface area (Å²) < 4.78 is 62.3. The van der Waals surface area contributed by atoms with Crippen molar-refractivity contribution < 1.29 is 35.4 Å². The predicted molar refractivity (Wildman–Crippen MR) is 57.2 cm³/mol. The SMILES string of the molecule is CC(=O)CC1=C(OS(=O)(=O)C(F)(F)F)CCCC1=O. The van der Waals surface area contributed by atoms with E-state index in [1.165, 1.54) is 0 Å². The molecule has 0 N–H and O–H groups in total. The molecule has 0 heterocycles. The number of allylic oxidation sites excluding steroid dienone is 2. The summed E-state index contributed by atoms with van der Waals surface area (Å²) in [5, 5.41) is 0.